The molecule has 0 atom stereocenters. The van der Waals surface area contributed by atoms with Gasteiger partial charge in [-0.05, 0) is 55.3 Å². The fourth-order valence-electron chi connectivity index (χ4n) is 3.68. The Labute approximate surface area is 185 Å². The van der Waals surface area contributed by atoms with Gasteiger partial charge in [-0.15, -0.1) is 0 Å². The Morgan fingerprint density at radius 3 is 1.74 bits per heavy atom. The van der Waals surface area contributed by atoms with Crippen LogP contribution in [0.5, 0.6) is 0 Å². The van der Waals surface area contributed by atoms with Crippen molar-refractivity contribution < 1.29 is 0 Å². The largest absolute Gasteiger partial charge is 0.310 e. The molecule has 0 radical (unpaired) electrons. The average Bonchev–Trinajstić information content (AvgIpc) is 2.81. The molecule has 4 aromatic carbocycles. The maximum atomic E-state index is 3.75. The van der Waals surface area contributed by atoms with E-state index in [1.54, 1.807) is 6.08 Å². The van der Waals surface area contributed by atoms with E-state index >= 15 is 0 Å². The second-order valence-electron chi connectivity index (χ2n) is 7.74. The van der Waals surface area contributed by atoms with Crippen LogP contribution in [-0.2, 0) is 0 Å². The second-order valence-corrected chi connectivity index (χ2v) is 7.74. The van der Waals surface area contributed by atoms with E-state index in [1.807, 2.05) is 6.08 Å². The van der Waals surface area contributed by atoms with Crippen LogP contribution in [0.15, 0.2) is 116 Å². The lowest BCUT2D eigenvalue weighted by atomic mass is 10.00. The Morgan fingerprint density at radius 1 is 0.645 bits per heavy atom. The van der Waals surface area contributed by atoms with Crippen molar-refractivity contribution in [3.8, 4) is 11.1 Å². The van der Waals surface area contributed by atoms with E-state index in [-0.39, 0.29) is 0 Å². The molecule has 0 aliphatic heterocycles. The monoisotopic (exact) mass is 401 g/mol. The number of hydrogen-bond acceptors (Lipinski definition) is 1. The summed E-state index contributed by atoms with van der Waals surface area (Å²) in [6.07, 6.45) is 5.82. The summed E-state index contributed by atoms with van der Waals surface area (Å²) >= 11 is 0. The van der Waals surface area contributed by atoms with Gasteiger partial charge in [0.25, 0.3) is 0 Å². The van der Waals surface area contributed by atoms with Crippen LogP contribution in [0.4, 0.5) is 17.1 Å². The molecular formula is C30H27N. The topological polar surface area (TPSA) is 3.24 Å². The molecule has 0 unspecified atom stereocenters. The first-order valence-electron chi connectivity index (χ1n) is 10.6. The fraction of sp³-hybridized carbons (Fsp3) is 0.0667. The summed E-state index contributed by atoms with van der Waals surface area (Å²) in [6, 6.07) is 34.7. The maximum absolute atomic E-state index is 3.75. The van der Waals surface area contributed by atoms with Crippen molar-refractivity contribution in [3.05, 3.63) is 132 Å². The SMILES string of the molecule is C=C/C=C/c1ccc(-c2ccccc2N(c2ccc(C)cc2)c2ccc(C)cc2)cc1. The fourth-order valence-corrected chi connectivity index (χ4v) is 3.68. The lowest BCUT2D eigenvalue weighted by molar-refractivity contribution is 1.27. The number of para-hydroxylation sites is 1. The van der Waals surface area contributed by atoms with Gasteiger partial charge in [0.15, 0.2) is 0 Å². The van der Waals surface area contributed by atoms with Gasteiger partial charge in [0.05, 0.1) is 5.69 Å². The molecule has 0 N–H and O–H groups in total. The number of rotatable bonds is 6. The normalized spacial score (nSPS) is 10.9. The molecule has 31 heavy (non-hydrogen) atoms. The highest BCUT2D eigenvalue weighted by Crippen LogP contribution is 2.40. The van der Waals surface area contributed by atoms with Gasteiger partial charge >= 0.3 is 0 Å². The second kappa shape index (κ2) is 9.32. The maximum Gasteiger partial charge on any atom is 0.0540 e. The van der Waals surface area contributed by atoms with Crippen molar-refractivity contribution in [3.63, 3.8) is 0 Å². The first kappa shape index (κ1) is 20.4. The minimum Gasteiger partial charge on any atom is -0.310 e. The molecule has 0 bridgehead atoms. The Kier molecular flexibility index (Phi) is 6.14. The molecule has 0 aromatic heterocycles. The Morgan fingerprint density at radius 2 is 1.19 bits per heavy atom. The number of allylic oxidation sites excluding steroid dienone is 2. The molecule has 4 rings (SSSR count). The van der Waals surface area contributed by atoms with E-state index in [0.717, 1.165) is 22.6 Å². The molecule has 0 fully saturated rings. The molecular weight excluding hydrogens is 374 g/mol. The van der Waals surface area contributed by atoms with Crippen LogP contribution in [-0.4, -0.2) is 0 Å². The zero-order valence-electron chi connectivity index (χ0n) is 18.1. The number of aryl methyl sites for hydroxylation is 2. The van der Waals surface area contributed by atoms with Crippen LogP contribution in [0.3, 0.4) is 0 Å². The Hall–Kier alpha value is -3.84. The third kappa shape index (κ3) is 4.67. The van der Waals surface area contributed by atoms with Gasteiger partial charge in [0.2, 0.25) is 0 Å². The predicted octanol–water partition coefficient (Wildman–Crippen LogP) is 8.64. The minimum absolute atomic E-state index is 1.15. The van der Waals surface area contributed by atoms with Crippen molar-refractivity contribution in [2.75, 3.05) is 4.90 Å². The standard InChI is InChI=1S/C30H27N/c1-4-5-8-25-15-17-26(18-16-25)29-9-6-7-10-30(29)31(27-19-11-23(2)12-20-27)28-21-13-24(3)14-22-28/h4-22H,1H2,2-3H3/b8-5+. The smallest absolute Gasteiger partial charge is 0.0540 e. The van der Waals surface area contributed by atoms with Gasteiger partial charge < -0.3 is 4.90 Å². The molecule has 0 aliphatic rings. The number of nitrogens with zero attached hydrogens (tertiary/aromatic N) is 1. The molecule has 4 aromatic rings. The van der Waals surface area contributed by atoms with Crippen LogP contribution in [0, 0.1) is 13.8 Å². The molecule has 1 heteroatoms. The summed E-state index contributed by atoms with van der Waals surface area (Å²) in [5, 5.41) is 0. The van der Waals surface area contributed by atoms with E-state index in [4.69, 9.17) is 0 Å². The third-order valence-corrected chi connectivity index (χ3v) is 5.38. The summed E-state index contributed by atoms with van der Waals surface area (Å²) in [5.74, 6) is 0. The summed E-state index contributed by atoms with van der Waals surface area (Å²) in [6.45, 7) is 7.99. The van der Waals surface area contributed by atoms with Crippen LogP contribution >= 0.6 is 0 Å². The highest BCUT2D eigenvalue weighted by Gasteiger charge is 2.16. The van der Waals surface area contributed by atoms with Crippen molar-refractivity contribution in [2.45, 2.75) is 13.8 Å². The van der Waals surface area contributed by atoms with Crippen LogP contribution < -0.4 is 4.90 Å². The molecule has 0 heterocycles. The van der Waals surface area contributed by atoms with E-state index in [1.165, 1.54) is 22.3 Å². The van der Waals surface area contributed by atoms with E-state index in [2.05, 4.69) is 128 Å². The van der Waals surface area contributed by atoms with Crippen LogP contribution in [0.1, 0.15) is 16.7 Å². The van der Waals surface area contributed by atoms with Crippen molar-refractivity contribution >= 4 is 23.1 Å². The molecule has 152 valence electrons. The lowest BCUT2D eigenvalue weighted by Gasteiger charge is -2.28. The Bertz CT molecular complexity index is 1140. The van der Waals surface area contributed by atoms with Gasteiger partial charge in [-0.25, -0.2) is 0 Å². The zero-order valence-corrected chi connectivity index (χ0v) is 18.1. The average molecular weight is 402 g/mol. The third-order valence-electron chi connectivity index (χ3n) is 5.38. The predicted molar refractivity (Wildman–Crippen MR) is 135 cm³/mol. The van der Waals surface area contributed by atoms with E-state index in [9.17, 15) is 0 Å². The van der Waals surface area contributed by atoms with Crippen LogP contribution in [0.2, 0.25) is 0 Å². The van der Waals surface area contributed by atoms with Crippen molar-refractivity contribution in [1.82, 2.24) is 0 Å². The number of anilines is 3. The first-order chi connectivity index (χ1) is 15.2. The highest BCUT2D eigenvalue weighted by atomic mass is 15.1. The summed E-state index contributed by atoms with van der Waals surface area (Å²) in [7, 11) is 0. The summed E-state index contributed by atoms with van der Waals surface area (Å²) in [5.41, 5.74) is 9.51. The highest BCUT2D eigenvalue weighted by molar-refractivity contribution is 5.88. The summed E-state index contributed by atoms with van der Waals surface area (Å²) < 4.78 is 0. The molecule has 0 saturated heterocycles. The van der Waals surface area contributed by atoms with Gasteiger partial charge in [-0.3, -0.25) is 0 Å². The lowest BCUT2D eigenvalue weighted by Crippen LogP contribution is -2.11. The molecule has 0 spiro atoms. The van der Waals surface area contributed by atoms with Crippen molar-refractivity contribution in [2.24, 2.45) is 0 Å². The molecule has 0 aliphatic carbocycles. The Balaban J connectivity index is 1.84. The zero-order chi connectivity index (χ0) is 21.6. The molecule has 0 amide bonds. The summed E-state index contributed by atoms with van der Waals surface area (Å²) in [4.78, 5) is 2.33. The molecule has 1 nitrogen and oxygen atoms in total. The van der Waals surface area contributed by atoms with Crippen LogP contribution in [0.25, 0.3) is 17.2 Å². The van der Waals surface area contributed by atoms with Gasteiger partial charge in [-0.2, -0.15) is 0 Å². The van der Waals surface area contributed by atoms with Gasteiger partial charge in [0.1, 0.15) is 0 Å². The minimum atomic E-state index is 1.15. The number of benzene rings is 4. The van der Waals surface area contributed by atoms with Crippen molar-refractivity contribution in [1.29, 1.82) is 0 Å². The van der Waals surface area contributed by atoms with E-state index < -0.39 is 0 Å². The quantitative estimate of drug-likeness (QED) is 0.292. The van der Waals surface area contributed by atoms with E-state index in [0.29, 0.717) is 0 Å². The van der Waals surface area contributed by atoms with Gasteiger partial charge in [-0.1, -0.05) is 103 Å². The molecule has 0 saturated carbocycles. The first-order valence-corrected chi connectivity index (χ1v) is 10.6. The number of hydrogen-bond donors (Lipinski definition) is 0. The van der Waals surface area contributed by atoms with Gasteiger partial charge in [0, 0.05) is 16.9 Å².